The van der Waals surface area contributed by atoms with Gasteiger partial charge in [0, 0.05) is 10.6 Å². The van der Waals surface area contributed by atoms with E-state index < -0.39 is 5.69 Å². The third-order valence-electron chi connectivity index (χ3n) is 3.66. The summed E-state index contributed by atoms with van der Waals surface area (Å²) in [5.74, 6) is -0.193. The monoisotopic (exact) mass is 326 g/mol. The predicted octanol–water partition coefficient (Wildman–Crippen LogP) is 3.07. The van der Waals surface area contributed by atoms with E-state index in [0.29, 0.717) is 22.0 Å². The number of rotatable bonds is 2. The van der Waals surface area contributed by atoms with Gasteiger partial charge in [-0.1, -0.05) is 23.7 Å². The Morgan fingerprint density at radius 3 is 2.70 bits per heavy atom. The molecule has 0 unspecified atom stereocenters. The normalized spacial score (nSPS) is 11.2. The lowest BCUT2D eigenvalue weighted by Crippen LogP contribution is -2.15. The quantitative estimate of drug-likeness (QED) is 0.529. The number of nitrogens with one attached hydrogen (secondary N) is 2. The fourth-order valence-electron chi connectivity index (χ4n) is 2.61. The topological polar surface area (TPSA) is 86.7 Å². The van der Waals surface area contributed by atoms with Gasteiger partial charge >= 0.3 is 5.69 Å². The molecule has 0 saturated carbocycles. The van der Waals surface area contributed by atoms with Crippen molar-refractivity contribution >= 4 is 22.6 Å². The average Bonchev–Trinajstić information content (AvgIpc) is 3.11. The zero-order valence-electron chi connectivity index (χ0n) is 11.7. The van der Waals surface area contributed by atoms with Crippen molar-refractivity contribution in [3.05, 3.63) is 64.3 Å². The van der Waals surface area contributed by atoms with Crippen LogP contribution in [0.3, 0.4) is 0 Å². The van der Waals surface area contributed by atoms with Gasteiger partial charge in [-0.25, -0.2) is 9.78 Å². The Morgan fingerprint density at radius 1 is 1.13 bits per heavy atom. The van der Waals surface area contributed by atoms with Crippen LogP contribution < -0.4 is 5.69 Å². The van der Waals surface area contributed by atoms with Gasteiger partial charge in [0.25, 0.3) is 0 Å². The number of nitrogens with zero attached hydrogens (tertiary/aromatic N) is 2. The summed E-state index contributed by atoms with van der Waals surface area (Å²) < 4.78 is 1.42. The number of halogens is 1. The Morgan fingerprint density at radius 2 is 1.91 bits per heavy atom. The lowest BCUT2D eigenvalue weighted by atomic mass is 10.1. The molecule has 0 aliphatic heterocycles. The van der Waals surface area contributed by atoms with E-state index in [2.05, 4.69) is 15.0 Å². The van der Waals surface area contributed by atoms with Crippen LogP contribution in [0.1, 0.15) is 0 Å². The lowest BCUT2D eigenvalue weighted by molar-refractivity contribution is 0.457. The van der Waals surface area contributed by atoms with Crippen LogP contribution >= 0.6 is 11.6 Å². The van der Waals surface area contributed by atoms with Gasteiger partial charge in [-0.15, -0.1) is 0 Å². The molecule has 6 nitrogen and oxygen atoms in total. The van der Waals surface area contributed by atoms with Crippen molar-refractivity contribution in [2.24, 2.45) is 0 Å². The van der Waals surface area contributed by atoms with Crippen molar-refractivity contribution in [1.82, 2.24) is 19.5 Å². The second-order valence-corrected chi connectivity index (χ2v) is 5.51. The van der Waals surface area contributed by atoms with E-state index in [9.17, 15) is 9.90 Å². The highest BCUT2D eigenvalue weighted by Gasteiger charge is 2.17. The first-order valence-electron chi connectivity index (χ1n) is 6.87. The predicted molar refractivity (Wildman–Crippen MR) is 88.2 cm³/mol. The molecule has 114 valence electrons. The van der Waals surface area contributed by atoms with Crippen LogP contribution in [0.25, 0.3) is 28.0 Å². The third-order valence-corrected chi connectivity index (χ3v) is 3.91. The van der Waals surface area contributed by atoms with Gasteiger partial charge in [-0.3, -0.25) is 9.55 Å². The van der Waals surface area contributed by atoms with Gasteiger partial charge < -0.3 is 10.1 Å². The summed E-state index contributed by atoms with van der Waals surface area (Å²) in [7, 11) is 0. The molecule has 0 radical (unpaired) electrons. The van der Waals surface area contributed by atoms with Crippen molar-refractivity contribution in [3.63, 3.8) is 0 Å². The summed E-state index contributed by atoms with van der Waals surface area (Å²) in [5, 5.41) is 10.7. The molecule has 0 aliphatic carbocycles. The van der Waals surface area contributed by atoms with E-state index in [0.717, 1.165) is 11.0 Å². The Labute approximate surface area is 135 Å². The molecule has 7 heteroatoms. The van der Waals surface area contributed by atoms with Crippen LogP contribution in [0.4, 0.5) is 0 Å². The SMILES string of the molecule is O=c1[nH]c(O)c(-c2ccc(Cl)cc2)n1-c1ccc2nc[nH]c2c1. The van der Waals surface area contributed by atoms with E-state index in [-0.39, 0.29) is 5.88 Å². The summed E-state index contributed by atoms with van der Waals surface area (Å²) in [5.41, 5.74) is 2.85. The summed E-state index contributed by atoms with van der Waals surface area (Å²) >= 11 is 5.90. The van der Waals surface area contributed by atoms with Crippen LogP contribution in [0.5, 0.6) is 5.88 Å². The number of aromatic amines is 2. The number of aromatic nitrogens is 4. The Hall–Kier alpha value is -2.99. The molecule has 2 heterocycles. The van der Waals surface area contributed by atoms with Gasteiger partial charge in [-0.2, -0.15) is 0 Å². The molecule has 2 aromatic heterocycles. The Balaban J connectivity index is 1.98. The number of hydrogen-bond acceptors (Lipinski definition) is 3. The molecule has 0 atom stereocenters. The molecule has 0 fully saturated rings. The molecule has 0 bridgehead atoms. The number of H-pyrrole nitrogens is 2. The minimum atomic E-state index is -0.425. The van der Waals surface area contributed by atoms with Crippen molar-refractivity contribution in [3.8, 4) is 22.8 Å². The fourth-order valence-corrected chi connectivity index (χ4v) is 2.73. The first-order chi connectivity index (χ1) is 11.1. The molecule has 0 spiro atoms. The van der Waals surface area contributed by atoms with Crippen molar-refractivity contribution in [2.45, 2.75) is 0 Å². The molecule has 0 amide bonds. The smallest absolute Gasteiger partial charge is 0.333 e. The van der Waals surface area contributed by atoms with Gasteiger partial charge in [0.2, 0.25) is 5.88 Å². The minimum Gasteiger partial charge on any atom is -0.493 e. The maximum absolute atomic E-state index is 12.3. The summed E-state index contributed by atoms with van der Waals surface area (Å²) in [6, 6.07) is 12.3. The molecule has 3 N–H and O–H groups in total. The summed E-state index contributed by atoms with van der Waals surface area (Å²) in [6.07, 6.45) is 1.59. The fraction of sp³-hybridized carbons (Fsp3) is 0. The second kappa shape index (κ2) is 5.03. The zero-order valence-corrected chi connectivity index (χ0v) is 12.5. The highest BCUT2D eigenvalue weighted by Crippen LogP contribution is 2.30. The molecule has 2 aromatic carbocycles. The van der Waals surface area contributed by atoms with Gasteiger partial charge in [0.05, 0.1) is 23.0 Å². The van der Waals surface area contributed by atoms with Crippen LogP contribution in [0, 0.1) is 0 Å². The average molecular weight is 327 g/mol. The third kappa shape index (κ3) is 2.20. The molecule has 23 heavy (non-hydrogen) atoms. The van der Waals surface area contributed by atoms with Gasteiger partial charge in [0.1, 0.15) is 5.69 Å². The van der Waals surface area contributed by atoms with Crippen molar-refractivity contribution in [2.75, 3.05) is 0 Å². The lowest BCUT2D eigenvalue weighted by Gasteiger charge is -2.08. The zero-order chi connectivity index (χ0) is 16.0. The molecule has 4 aromatic rings. The van der Waals surface area contributed by atoms with Gasteiger partial charge in [0.15, 0.2) is 0 Å². The number of aromatic hydroxyl groups is 1. The number of benzene rings is 2. The van der Waals surface area contributed by atoms with Crippen molar-refractivity contribution in [1.29, 1.82) is 0 Å². The molecule has 0 aliphatic rings. The highest BCUT2D eigenvalue weighted by molar-refractivity contribution is 6.30. The van der Waals surface area contributed by atoms with Crippen LogP contribution in [0.2, 0.25) is 5.02 Å². The maximum Gasteiger partial charge on any atom is 0.333 e. The van der Waals surface area contributed by atoms with E-state index >= 15 is 0 Å². The molecular weight excluding hydrogens is 316 g/mol. The van der Waals surface area contributed by atoms with Crippen LogP contribution in [-0.2, 0) is 0 Å². The minimum absolute atomic E-state index is 0.193. The summed E-state index contributed by atoms with van der Waals surface area (Å²) in [4.78, 5) is 21.9. The Kier molecular flexibility index (Phi) is 2.99. The first kappa shape index (κ1) is 13.7. The maximum atomic E-state index is 12.3. The van der Waals surface area contributed by atoms with Gasteiger partial charge in [-0.05, 0) is 30.3 Å². The van der Waals surface area contributed by atoms with Crippen molar-refractivity contribution < 1.29 is 5.11 Å². The first-order valence-corrected chi connectivity index (χ1v) is 7.25. The van der Waals surface area contributed by atoms with E-state index in [4.69, 9.17) is 11.6 Å². The molecule has 0 saturated heterocycles. The van der Waals surface area contributed by atoms with Crippen LogP contribution in [-0.4, -0.2) is 24.6 Å². The number of hydrogen-bond donors (Lipinski definition) is 3. The highest BCUT2D eigenvalue weighted by atomic mass is 35.5. The van der Waals surface area contributed by atoms with Crippen LogP contribution in [0.15, 0.2) is 53.6 Å². The van der Waals surface area contributed by atoms with E-state index in [1.807, 2.05) is 6.07 Å². The number of imidazole rings is 2. The molecular formula is C16H11ClN4O2. The number of fused-ring (bicyclic) bond motifs is 1. The Bertz CT molecular complexity index is 1060. The van der Waals surface area contributed by atoms with E-state index in [1.165, 1.54) is 4.57 Å². The molecule has 4 rings (SSSR count). The largest absolute Gasteiger partial charge is 0.493 e. The second-order valence-electron chi connectivity index (χ2n) is 5.07. The summed E-state index contributed by atoms with van der Waals surface area (Å²) in [6.45, 7) is 0. The standard InChI is InChI=1S/C16H11ClN4O2/c17-10-3-1-9(2-4-10)14-15(22)20-16(23)21(14)11-5-6-12-13(7-11)19-8-18-12/h1-8,22H,(H,18,19)(H,20,23). The van der Waals surface area contributed by atoms with E-state index in [1.54, 1.807) is 42.7 Å².